The molecule has 1 aliphatic rings. The molecule has 0 aromatic carbocycles. The molecule has 0 aromatic heterocycles. The van der Waals surface area contributed by atoms with Crippen molar-refractivity contribution in [1.82, 2.24) is 4.90 Å². The van der Waals surface area contributed by atoms with Gasteiger partial charge in [0.05, 0.1) is 0 Å². The zero-order chi connectivity index (χ0) is 16.1. The molecule has 1 rings (SSSR count). The van der Waals surface area contributed by atoms with Gasteiger partial charge in [-0.15, -0.1) is 0 Å². The smallest absolute Gasteiger partial charge is 0.329 e. The molecule has 0 aliphatic carbocycles. The van der Waals surface area contributed by atoms with E-state index in [2.05, 4.69) is 18.7 Å². The Balaban J connectivity index is 2.57. The molecule has 2 nitrogen and oxygen atoms in total. The van der Waals surface area contributed by atoms with Crippen molar-refractivity contribution < 1.29 is 13.2 Å². The Hall–Kier alpha value is -0.290. The number of hydrogen-bond donors (Lipinski definition) is 1. The Morgan fingerprint density at radius 1 is 1.14 bits per heavy atom. The van der Waals surface area contributed by atoms with Crippen LogP contribution in [0.15, 0.2) is 0 Å². The monoisotopic (exact) mass is 308 g/mol. The van der Waals surface area contributed by atoms with E-state index in [1.54, 1.807) is 0 Å². The minimum atomic E-state index is -4.06. The molecule has 1 heterocycles. The topological polar surface area (TPSA) is 29.3 Å². The number of halogens is 3. The van der Waals surface area contributed by atoms with Crippen LogP contribution >= 0.6 is 0 Å². The third kappa shape index (κ3) is 6.15. The summed E-state index contributed by atoms with van der Waals surface area (Å²) in [6.45, 7) is 8.89. The standard InChI is InChI=1S/C16H31F3N2/c1-13(2)14-6-4-10-21(11-7-14)15(3,12-20)8-5-9-16(17,18)19/h13-14H,4-12,20H2,1-3H3. The number of likely N-dealkylation sites (tertiary alicyclic amines) is 1. The van der Waals surface area contributed by atoms with Crippen molar-refractivity contribution in [2.75, 3.05) is 19.6 Å². The fourth-order valence-corrected chi connectivity index (χ4v) is 3.39. The van der Waals surface area contributed by atoms with Crippen LogP contribution in [-0.2, 0) is 0 Å². The van der Waals surface area contributed by atoms with Crippen molar-refractivity contribution in [3.63, 3.8) is 0 Å². The van der Waals surface area contributed by atoms with Gasteiger partial charge < -0.3 is 5.73 Å². The minimum Gasteiger partial charge on any atom is -0.329 e. The molecule has 0 amide bonds. The van der Waals surface area contributed by atoms with E-state index in [0.717, 1.165) is 31.8 Å². The van der Waals surface area contributed by atoms with Gasteiger partial charge in [-0.05, 0) is 64.0 Å². The highest BCUT2D eigenvalue weighted by atomic mass is 19.4. The largest absolute Gasteiger partial charge is 0.389 e. The van der Waals surface area contributed by atoms with E-state index in [1.165, 1.54) is 6.42 Å². The Kier molecular flexibility index (Phi) is 6.98. The summed E-state index contributed by atoms with van der Waals surface area (Å²) in [5.74, 6) is 1.41. The molecule has 1 fully saturated rings. The lowest BCUT2D eigenvalue weighted by atomic mass is 9.89. The fraction of sp³-hybridized carbons (Fsp3) is 1.00. The van der Waals surface area contributed by atoms with E-state index >= 15 is 0 Å². The lowest BCUT2D eigenvalue weighted by Gasteiger charge is -2.40. The lowest BCUT2D eigenvalue weighted by molar-refractivity contribution is -0.136. The van der Waals surface area contributed by atoms with Crippen molar-refractivity contribution in [2.45, 2.75) is 71.0 Å². The summed E-state index contributed by atoms with van der Waals surface area (Å²) in [7, 11) is 0. The predicted octanol–water partition coefficient (Wildman–Crippen LogP) is 4.19. The lowest BCUT2D eigenvalue weighted by Crippen LogP contribution is -2.52. The molecule has 0 saturated carbocycles. The molecule has 1 aliphatic heterocycles. The van der Waals surface area contributed by atoms with Crippen LogP contribution in [0.5, 0.6) is 0 Å². The highest BCUT2D eigenvalue weighted by Crippen LogP contribution is 2.31. The second kappa shape index (κ2) is 7.82. The van der Waals surface area contributed by atoms with Gasteiger partial charge in [0, 0.05) is 18.5 Å². The fourth-order valence-electron chi connectivity index (χ4n) is 3.39. The van der Waals surface area contributed by atoms with Gasteiger partial charge >= 0.3 is 6.18 Å². The maximum Gasteiger partial charge on any atom is 0.389 e. The second-order valence-electron chi connectivity index (χ2n) is 7.09. The first-order valence-corrected chi connectivity index (χ1v) is 8.20. The summed E-state index contributed by atoms with van der Waals surface area (Å²) in [5.41, 5.74) is 5.62. The number of nitrogens with zero attached hydrogens (tertiary/aromatic N) is 1. The van der Waals surface area contributed by atoms with Crippen LogP contribution in [0.1, 0.15) is 59.3 Å². The molecule has 2 atom stereocenters. The average Bonchev–Trinajstić information content (AvgIpc) is 2.63. The van der Waals surface area contributed by atoms with E-state index in [9.17, 15) is 13.2 Å². The highest BCUT2D eigenvalue weighted by molar-refractivity contribution is 4.89. The van der Waals surface area contributed by atoms with E-state index < -0.39 is 12.6 Å². The van der Waals surface area contributed by atoms with Crippen LogP contribution in [0.2, 0.25) is 0 Å². The van der Waals surface area contributed by atoms with Crippen LogP contribution in [0.3, 0.4) is 0 Å². The Labute approximate surface area is 127 Å². The average molecular weight is 308 g/mol. The molecular formula is C16H31F3N2. The van der Waals surface area contributed by atoms with Gasteiger partial charge in [0.1, 0.15) is 0 Å². The van der Waals surface area contributed by atoms with Crippen LogP contribution in [0.25, 0.3) is 0 Å². The number of nitrogens with two attached hydrogens (primary N) is 1. The minimum absolute atomic E-state index is 0.168. The molecular weight excluding hydrogens is 277 g/mol. The predicted molar refractivity (Wildman–Crippen MR) is 81.1 cm³/mol. The number of rotatable bonds is 6. The van der Waals surface area contributed by atoms with Crippen LogP contribution < -0.4 is 5.73 Å². The van der Waals surface area contributed by atoms with Crippen molar-refractivity contribution in [2.24, 2.45) is 17.6 Å². The first-order valence-electron chi connectivity index (χ1n) is 8.20. The Morgan fingerprint density at radius 3 is 2.33 bits per heavy atom. The summed E-state index contributed by atoms with van der Waals surface area (Å²) in [6.07, 6.45) is -0.597. The van der Waals surface area contributed by atoms with E-state index in [4.69, 9.17) is 5.73 Å². The van der Waals surface area contributed by atoms with Gasteiger partial charge in [0.2, 0.25) is 0 Å². The molecule has 2 unspecified atom stereocenters. The van der Waals surface area contributed by atoms with Crippen molar-refractivity contribution in [3.8, 4) is 0 Å². The molecule has 21 heavy (non-hydrogen) atoms. The highest BCUT2D eigenvalue weighted by Gasteiger charge is 2.34. The number of alkyl halides is 3. The van der Waals surface area contributed by atoms with Gasteiger partial charge in [-0.3, -0.25) is 4.90 Å². The Bertz CT molecular complexity index is 304. The molecule has 0 spiro atoms. The zero-order valence-electron chi connectivity index (χ0n) is 13.7. The summed E-state index contributed by atoms with van der Waals surface area (Å²) < 4.78 is 37.0. The van der Waals surface area contributed by atoms with Crippen LogP contribution in [0.4, 0.5) is 13.2 Å². The maximum absolute atomic E-state index is 12.3. The SMILES string of the molecule is CC(C)C1CCCN(C(C)(CN)CCCC(F)(F)F)CC1. The van der Waals surface area contributed by atoms with Crippen LogP contribution in [-0.4, -0.2) is 36.2 Å². The van der Waals surface area contributed by atoms with Gasteiger partial charge in [0.15, 0.2) is 0 Å². The molecule has 0 radical (unpaired) electrons. The van der Waals surface area contributed by atoms with Gasteiger partial charge in [-0.25, -0.2) is 0 Å². The van der Waals surface area contributed by atoms with Gasteiger partial charge in [0.25, 0.3) is 0 Å². The summed E-state index contributed by atoms with van der Waals surface area (Å²) in [5, 5.41) is 0. The van der Waals surface area contributed by atoms with E-state index in [0.29, 0.717) is 18.9 Å². The third-order valence-electron chi connectivity index (χ3n) is 5.09. The summed E-state index contributed by atoms with van der Waals surface area (Å²) in [4.78, 5) is 2.34. The third-order valence-corrected chi connectivity index (χ3v) is 5.09. The maximum atomic E-state index is 12.3. The van der Waals surface area contributed by atoms with Crippen molar-refractivity contribution in [3.05, 3.63) is 0 Å². The van der Waals surface area contributed by atoms with Gasteiger partial charge in [-0.1, -0.05) is 13.8 Å². The van der Waals surface area contributed by atoms with Crippen molar-refractivity contribution >= 4 is 0 Å². The second-order valence-corrected chi connectivity index (χ2v) is 7.09. The van der Waals surface area contributed by atoms with Gasteiger partial charge in [-0.2, -0.15) is 13.2 Å². The molecule has 0 aromatic rings. The van der Waals surface area contributed by atoms with E-state index in [1.807, 2.05) is 6.92 Å². The number of hydrogen-bond acceptors (Lipinski definition) is 2. The summed E-state index contributed by atoms with van der Waals surface area (Å²) in [6, 6.07) is 0. The van der Waals surface area contributed by atoms with E-state index in [-0.39, 0.29) is 12.0 Å². The van der Waals surface area contributed by atoms with Crippen LogP contribution in [0, 0.1) is 11.8 Å². The molecule has 2 N–H and O–H groups in total. The quantitative estimate of drug-likeness (QED) is 0.797. The molecule has 5 heteroatoms. The normalized spacial score (nSPS) is 24.9. The first kappa shape index (κ1) is 18.8. The van der Waals surface area contributed by atoms with Crippen molar-refractivity contribution in [1.29, 1.82) is 0 Å². The first-order chi connectivity index (χ1) is 9.68. The molecule has 1 saturated heterocycles. The Morgan fingerprint density at radius 2 is 1.81 bits per heavy atom. The molecule has 126 valence electrons. The molecule has 0 bridgehead atoms. The summed E-state index contributed by atoms with van der Waals surface area (Å²) >= 11 is 0. The zero-order valence-corrected chi connectivity index (χ0v) is 13.7.